The number of hydrogen-bond donors (Lipinski definition) is 1. The number of ether oxygens (including phenoxy) is 2. The van der Waals surface area contributed by atoms with Gasteiger partial charge in [-0.2, -0.15) is 8.42 Å². The van der Waals surface area contributed by atoms with E-state index in [1.165, 1.54) is 0 Å². The molecule has 0 aromatic heterocycles. The molecule has 2 atom stereocenters. The van der Waals surface area contributed by atoms with Gasteiger partial charge in [-0.15, -0.1) is 0 Å². The van der Waals surface area contributed by atoms with Crippen LogP contribution in [0.4, 0.5) is 0 Å². The summed E-state index contributed by atoms with van der Waals surface area (Å²) >= 11 is 6.21. The van der Waals surface area contributed by atoms with Crippen LogP contribution in [-0.4, -0.2) is 33.0 Å². The second-order valence-corrected chi connectivity index (χ2v) is 7.63. The van der Waals surface area contributed by atoms with Crippen LogP contribution in [-0.2, 0) is 30.4 Å². The lowest BCUT2D eigenvalue weighted by molar-refractivity contribution is -0.170. The Morgan fingerprint density at radius 1 is 1.22 bits per heavy atom. The standard InChI is InChI=1S/C15H20ClNO5S/c16-12-6-2-1-5-11(12)9-13-14(10-20-23(17,18)19)22-15(21-13)7-3-4-8-15/h1-2,5-6,13-14H,3-4,7-10H2,(H2,17,18,19). The van der Waals surface area contributed by atoms with E-state index in [-0.39, 0.29) is 12.7 Å². The molecule has 0 radical (unpaired) electrons. The molecule has 6 nitrogen and oxygen atoms in total. The third-order valence-electron chi connectivity index (χ3n) is 4.29. The summed E-state index contributed by atoms with van der Waals surface area (Å²) in [6.07, 6.45) is 3.37. The Balaban J connectivity index is 1.75. The van der Waals surface area contributed by atoms with Crippen molar-refractivity contribution in [3.05, 3.63) is 34.9 Å². The van der Waals surface area contributed by atoms with Crippen molar-refractivity contribution in [2.45, 2.75) is 50.1 Å². The van der Waals surface area contributed by atoms with Crippen LogP contribution in [0.15, 0.2) is 24.3 Å². The topological polar surface area (TPSA) is 87.9 Å². The highest BCUT2D eigenvalue weighted by atomic mass is 35.5. The monoisotopic (exact) mass is 361 g/mol. The summed E-state index contributed by atoms with van der Waals surface area (Å²) in [5.41, 5.74) is 0.929. The predicted molar refractivity (Wildman–Crippen MR) is 85.2 cm³/mol. The van der Waals surface area contributed by atoms with Gasteiger partial charge in [-0.05, 0) is 24.5 Å². The Labute approximate surface area is 141 Å². The number of nitrogens with two attached hydrogens (primary N) is 1. The Kier molecular flexibility index (Phi) is 4.96. The highest BCUT2D eigenvalue weighted by molar-refractivity contribution is 7.84. The van der Waals surface area contributed by atoms with Gasteiger partial charge in [-0.25, -0.2) is 5.14 Å². The van der Waals surface area contributed by atoms with Gasteiger partial charge >= 0.3 is 10.3 Å². The van der Waals surface area contributed by atoms with E-state index in [1.54, 1.807) is 0 Å². The van der Waals surface area contributed by atoms with Crippen LogP contribution in [0.3, 0.4) is 0 Å². The van der Waals surface area contributed by atoms with Gasteiger partial charge < -0.3 is 9.47 Å². The largest absolute Gasteiger partial charge is 0.344 e. The molecule has 3 rings (SSSR count). The third-order valence-corrected chi connectivity index (χ3v) is 5.12. The van der Waals surface area contributed by atoms with E-state index in [2.05, 4.69) is 0 Å². The zero-order valence-corrected chi connectivity index (χ0v) is 14.2. The predicted octanol–water partition coefficient (Wildman–Crippen LogP) is 2.16. The molecule has 23 heavy (non-hydrogen) atoms. The summed E-state index contributed by atoms with van der Waals surface area (Å²) < 4.78 is 39.0. The Morgan fingerprint density at radius 2 is 1.87 bits per heavy atom. The molecule has 1 spiro atoms. The van der Waals surface area contributed by atoms with Crippen LogP contribution >= 0.6 is 11.6 Å². The van der Waals surface area contributed by atoms with Gasteiger partial charge in [0.1, 0.15) is 6.10 Å². The van der Waals surface area contributed by atoms with Crippen LogP contribution in [0.2, 0.25) is 5.02 Å². The molecule has 128 valence electrons. The third kappa shape index (κ3) is 4.23. The molecule has 1 aliphatic heterocycles. The molecule has 1 aromatic rings. The summed E-state index contributed by atoms with van der Waals surface area (Å²) in [4.78, 5) is 0. The summed E-state index contributed by atoms with van der Waals surface area (Å²) in [6.45, 7) is -0.157. The van der Waals surface area contributed by atoms with E-state index < -0.39 is 22.2 Å². The van der Waals surface area contributed by atoms with Crippen molar-refractivity contribution in [3.63, 3.8) is 0 Å². The average molecular weight is 362 g/mol. The summed E-state index contributed by atoms with van der Waals surface area (Å²) in [5.74, 6) is -0.627. The van der Waals surface area contributed by atoms with Crippen molar-refractivity contribution in [2.75, 3.05) is 6.61 Å². The first-order valence-corrected chi connectivity index (χ1v) is 9.48. The minimum absolute atomic E-state index is 0.157. The minimum Gasteiger partial charge on any atom is -0.344 e. The van der Waals surface area contributed by atoms with Gasteiger partial charge in [-0.3, -0.25) is 4.18 Å². The van der Waals surface area contributed by atoms with Crippen molar-refractivity contribution in [1.82, 2.24) is 0 Å². The Hall–Kier alpha value is -0.700. The second-order valence-electron chi connectivity index (χ2n) is 6.00. The number of rotatable bonds is 5. The van der Waals surface area contributed by atoms with Gasteiger partial charge in [0.15, 0.2) is 5.79 Å². The number of benzene rings is 1. The molecule has 2 fully saturated rings. The smallest absolute Gasteiger partial charge is 0.333 e. The van der Waals surface area contributed by atoms with Crippen molar-refractivity contribution in [3.8, 4) is 0 Å². The second kappa shape index (κ2) is 6.66. The lowest BCUT2D eigenvalue weighted by atomic mass is 10.0. The molecule has 1 saturated carbocycles. The fraction of sp³-hybridized carbons (Fsp3) is 0.600. The van der Waals surface area contributed by atoms with Crippen LogP contribution in [0.5, 0.6) is 0 Å². The number of halogens is 1. The molecule has 1 aromatic carbocycles. The maximum absolute atomic E-state index is 11.1. The van der Waals surface area contributed by atoms with E-state index in [1.807, 2.05) is 24.3 Å². The van der Waals surface area contributed by atoms with Gasteiger partial charge in [-0.1, -0.05) is 29.8 Å². The van der Waals surface area contributed by atoms with Crippen molar-refractivity contribution in [2.24, 2.45) is 5.14 Å². The molecular formula is C15H20ClNO5S. The number of hydrogen-bond acceptors (Lipinski definition) is 5. The molecule has 1 saturated heterocycles. The fourth-order valence-corrected chi connectivity index (χ4v) is 3.77. The Bertz CT molecular complexity index is 660. The molecule has 2 aliphatic rings. The molecule has 0 amide bonds. The average Bonchev–Trinajstić information content (AvgIpc) is 3.06. The van der Waals surface area contributed by atoms with Crippen LogP contribution in [0.25, 0.3) is 0 Å². The lowest BCUT2D eigenvalue weighted by Gasteiger charge is -2.22. The van der Waals surface area contributed by atoms with Crippen molar-refractivity contribution < 1.29 is 22.1 Å². The molecular weight excluding hydrogens is 342 g/mol. The van der Waals surface area contributed by atoms with Crippen molar-refractivity contribution >= 4 is 21.9 Å². The van der Waals surface area contributed by atoms with Crippen LogP contribution in [0.1, 0.15) is 31.2 Å². The zero-order chi connectivity index (χ0) is 16.5. The maximum Gasteiger partial charge on any atom is 0.333 e. The first-order valence-electron chi connectivity index (χ1n) is 7.63. The molecule has 2 N–H and O–H groups in total. The molecule has 1 aliphatic carbocycles. The van der Waals surface area contributed by atoms with E-state index in [4.69, 9.17) is 30.4 Å². The normalized spacial score (nSPS) is 26.9. The first kappa shape index (κ1) is 17.1. The van der Waals surface area contributed by atoms with Gasteiger partial charge in [0.25, 0.3) is 0 Å². The summed E-state index contributed by atoms with van der Waals surface area (Å²) in [7, 11) is -4.01. The van der Waals surface area contributed by atoms with Gasteiger partial charge in [0.2, 0.25) is 0 Å². The molecule has 8 heteroatoms. The van der Waals surface area contributed by atoms with E-state index >= 15 is 0 Å². The zero-order valence-electron chi connectivity index (χ0n) is 12.6. The van der Waals surface area contributed by atoms with Crippen LogP contribution in [0, 0.1) is 0 Å². The lowest BCUT2D eigenvalue weighted by Crippen LogP contribution is -2.32. The highest BCUT2D eigenvalue weighted by Crippen LogP contribution is 2.43. The SMILES string of the molecule is NS(=O)(=O)OCC1OC2(CCCC2)OC1Cc1ccccc1Cl. The van der Waals surface area contributed by atoms with Crippen molar-refractivity contribution in [1.29, 1.82) is 0 Å². The maximum atomic E-state index is 11.1. The molecule has 2 unspecified atom stereocenters. The summed E-state index contributed by atoms with van der Waals surface area (Å²) in [6, 6.07) is 7.49. The van der Waals surface area contributed by atoms with Gasteiger partial charge in [0, 0.05) is 24.3 Å². The van der Waals surface area contributed by atoms with E-state index in [9.17, 15) is 8.42 Å². The minimum atomic E-state index is -4.01. The Morgan fingerprint density at radius 3 is 2.52 bits per heavy atom. The fourth-order valence-electron chi connectivity index (χ4n) is 3.24. The molecule has 0 bridgehead atoms. The summed E-state index contributed by atoms with van der Waals surface area (Å²) in [5, 5.41) is 5.56. The van der Waals surface area contributed by atoms with Gasteiger partial charge in [0.05, 0.1) is 12.7 Å². The van der Waals surface area contributed by atoms with Crippen LogP contribution < -0.4 is 5.14 Å². The highest BCUT2D eigenvalue weighted by Gasteiger charge is 2.49. The van der Waals surface area contributed by atoms with E-state index in [0.717, 1.165) is 31.2 Å². The quantitative estimate of drug-likeness (QED) is 0.868. The first-order chi connectivity index (χ1) is 10.9. The molecule has 1 heterocycles. The van der Waals surface area contributed by atoms with E-state index in [0.29, 0.717) is 11.4 Å².